The fourth-order valence-corrected chi connectivity index (χ4v) is 1.65. The lowest BCUT2D eigenvalue weighted by atomic mass is 9.95. The minimum atomic E-state index is -0.967. The number of hydrogen-bond acceptors (Lipinski definition) is 6. The van der Waals surface area contributed by atoms with E-state index in [2.05, 4.69) is 14.5 Å². The molecule has 0 atom stereocenters. The van der Waals surface area contributed by atoms with Crippen molar-refractivity contribution in [3.05, 3.63) is 11.1 Å². The van der Waals surface area contributed by atoms with Gasteiger partial charge in [-0.05, 0) is 13.8 Å². The molecule has 6 nitrogen and oxygen atoms in total. The zero-order valence-corrected chi connectivity index (χ0v) is 10.5. The number of ether oxygens (including phenoxy) is 3. The van der Waals surface area contributed by atoms with Gasteiger partial charge in [-0.15, -0.1) is 0 Å². The van der Waals surface area contributed by atoms with Gasteiger partial charge in [0.15, 0.2) is 0 Å². The minimum Gasteiger partial charge on any atom is -0.466 e. The van der Waals surface area contributed by atoms with Crippen LogP contribution in [0.3, 0.4) is 0 Å². The number of hydrogen-bond donors (Lipinski definition) is 0. The smallest absolute Gasteiger partial charge is 0.344 e. The summed E-state index contributed by atoms with van der Waals surface area (Å²) in [4.78, 5) is 27.2. The summed E-state index contributed by atoms with van der Waals surface area (Å²) in [6.07, 6.45) is 0. The molecular formula is C11H15NO5. The summed E-state index contributed by atoms with van der Waals surface area (Å²) in [5.74, 6) is -1.21. The largest absolute Gasteiger partial charge is 0.466 e. The second-order valence-corrected chi connectivity index (χ2v) is 3.87. The highest BCUT2D eigenvalue weighted by Gasteiger charge is 2.46. The zero-order valence-electron chi connectivity index (χ0n) is 10.5. The van der Waals surface area contributed by atoms with Crippen molar-refractivity contribution in [3.8, 4) is 0 Å². The first kappa shape index (κ1) is 13.2. The van der Waals surface area contributed by atoms with Crippen molar-refractivity contribution in [2.24, 2.45) is 4.99 Å². The van der Waals surface area contributed by atoms with Crippen LogP contribution in [0.1, 0.15) is 13.8 Å². The Bertz CT molecular complexity index is 420. The van der Waals surface area contributed by atoms with Crippen molar-refractivity contribution in [1.82, 2.24) is 0 Å². The van der Waals surface area contributed by atoms with Crippen LogP contribution in [-0.2, 0) is 23.8 Å². The molecule has 0 radical (unpaired) electrons. The Morgan fingerprint density at radius 3 is 2.12 bits per heavy atom. The van der Waals surface area contributed by atoms with Crippen molar-refractivity contribution in [3.63, 3.8) is 0 Å². The Balaban J connectivity index is 3.44. The van der Waals surface area contributed by atoms with E-state index in [1.807, 2.05) is 0 Å². The number of aliphatic imine (C=N–C) groups is 1. The molecule has 0 aromatic rings. The average molecular weight is 241 g/mol. The highest BCUT2D eigenvalue weighted by atomic mass is 16.6. The number of carbonyl (C=O) groups is 2. The number of esters is 2. The van der Waals surface area contributed by atoms with Gasteiger partial charge in [0.05, 0.1) is 19.8 Å². The van der Waals surface area contributed by atoms with Crippen LogP contribution in [0.25, 0.3) is 0 Å². The number of methoxy groups -OCH3 is 2. The Morgan fingerprint density at radius 1 is 1.18 bits per heavy atom. The fourth-order valence-electron chi connectivity index (χ4n) is 1.65. The molecule has 1 heterocycles. The van der Waals surface area contributed by atoms with Gasteiger partial charge < -0.3 is 14.2 Å². The topological polar surface area (TPSA) is 74.2 Å². The third-order valence-electron chi connectivity index (χ3n) is 2.40. The minimum absolute atomic E-state index is 0.0202. The molecular weight excluding hydrogens is 226 g/mol. The van der Waals surface area contributed by atoms with Gasteiger partial charge in [-0.3, -0.25) is 4.99 Å². The van der Waals surface area contributed by atoms with Crippen molar-refractivity contribution in [1.29, 1.82) is 0 Å². The van der Waals surface area contributed by atoms with E-state index in [1.54, 1.807) is 13.8 Å². The van der Waals surface area contributed by atoms with Crippen LogP contribution in [0.5, 0.6) is 0 Å². The molecule has 0 N–H and O–H groups in total. The SMILES string of the molecule is CN=C1OC(C)(C)C(C(=O)OC)=C1C(=O)OC. The van der Waals surface area contributed by atoms with Crippen LogP contribution in [-0.4, -0.2) is 44.7 Å². The van der Waals surface area contributed by atoms with Gasteiger partial charge in [0, 0.05) is 7.05 Å². The molecule has 0 aromatic carbocycles. The summed E-state index contributed by atoms with van der Waals surface area (Å²) in [7, 11) is 3.93. The molecule has 1 aliphatic rings. The van der Waals surface area contributed by atoms with E-state index < -0.39 is 17.5 Å². The first-order valence-electron chi connectivity index (χ1n) is 4.96. The highest BCUT2D eigenvalue weighted by molar-refractivity contribution is 6.23. The lowest BCUT2D eigenvalue weighted by Crippen LogP contribution is -2.28. The highest BCUT2D eigenvalue weighted by Crippen LogP contribution is 2.34. The third kappa shape index (κ3) is 2.15. The van der Waals surface area contributed by atoms with Crippen molar-refractivity contribution in [2.45, 2.75) is 19.4 Å². The van der Waals surface area contributed by atoms with Gasteiger partial charge in [0.1, 0.15) is 11.2 Å². The summed E-state index contributed by atoms with van der Waals surface area (Å²) in [6.45, 7) is 3.31. The lowest BCUT2D eigenvalue weighted by Gasteiger charge is -2.20. The fraction of sp³-hybridized carbons (Fsp3) is 0.545. The monoisotopic (exact) mass is 241 g/mol. The first-order chi connectivity index (χ1) is 7.88. The average Bonchev–Trinajstić information content (AvgIpc) is 2.58. The van der Waals surface area contributed by atoms with Crippen LogP contribution < -0.4 is 0 Å². The van der Waals surface area contributed by atoms with Crippen LogP contribution in [0.4, 0.5) is 0 Å². The van der Waals surface area contributed by atoms with E-state index in [0.717, 1.165) is 0 Å². The van der Waals surface area contributed by atoms with Crippen LogP contribution >= 0.6 is 0 Å². The molecule has 0 saturated carbocycles. The third-order valence-corrected chi connectivity index (χ3v) is 2.40. The zero-order chi connectivity index (χ0) is 13.2. The summed E-state index contributed by atoms with van der Waals surface area (Å²) in [6, 6.07) is 0. The molecule has 0 bridgehead atoms. The van der Waals surface area contributed by atoms with Crippen molar-refractivity contribution >= 4 is 17.8 Å². The molecule has 0 unspecified atom stereocenters. The Hall–Kier alpha value is -1.85. The first-order valence-corrected chi connectivity index (χ1v) is 4.96. The van der Waals surface area contributed by atoms with Gasteiger partial charge in [-0.25, -0.2) is 9.59 Å². The molecule has 17 heavy (non-hydrogen) atoms. The normalized spacial score (nSPS) is 20.2. The summed E-state index contributed by atoms with van der Waals surface area (Å²) < 4.78 is 14.7. The van der Waals surface area contributed by atoms with E-state index in [1.165, 1.54) is 21.3 Å². The molecule has 0 aromatic heterocycles. The quantitative estimate of drug-likeness (QED) is 0.657. The maximum Gasteiger partial charge on any atom is 0.344 e. The van der Waals surface area contributed by atoms with Crippen LogP contribution in [0.15, 0.2) is 16.1 Å². The maximum absolute atomic E-state index is 11.7. The van der Waals surface area contributed by atoms with Crippen molar-refractivity contribution in [2.75, 3.05) is 21.3 Å². The predicted molar refractivity (Wildman–Crippen MR) is 59.6 cm³/mol. The van der Waals surface area contributed by atoms with Gasteiger partial charge in [0.25, 0.3) is 0 Å². The molecule has 0 fully saturated rings. The Kier molecular flexibility index (Phi) is 3.55. The van der Waals surface area contributed by atoms with Crippen molar-refractivity contribution < 1.29 is 23.8 Å². The molecule has 0 aliphatic carbocycles. The molecule has 0 amide bonds. The second-order valence-electron chi connectivity index (χ2n) is 3.87. The molecule has 0 saturated heterocycles. The molecule has 1 aliphatic heterocycles. The van der Waals surface area contributed by atoms with Gasteiger partial charge in [-0.1, -0.05) is 0 Å². The Morgan fingerprint density at radius 2 is 1.71 bits per heavy atom. The van der Waals surface area contributed by atoms with Gasteiger partial charge in [-0.2, -0.15) is 0 Å². The lowest BCUT2D eigenvalue weighted by molar-refractivity contribution is -0.139. The van der Waals surface area contributed by atoms with E-state index in [-0.39, 0.29) is 17.0 Å². The molecule has 1 rings (SSSR count). The predicted octanol–water partition coefficient (Wildman–Crippen LogP) is 0.466. The molecule has 0 spiro atoms. The number of nitrogens with zero attached hydrogens (tertiary/aromatic N) is 1. The number of carbonyl (C=O) groups excluding carboxylic acids is 2. The Labute approximate surface area is 99.3 Å². The van der Waals surface area contributed by atoms with E-state index in [9.17, 15) is 9.59 Å². The van der Waals surface area contributed by atoms with E-state index >= 15 is 0 Å². The maximum atomic E-state index is 11.7. The van der Waals surface area contributed by atoms with E-state index in [0.29, 0.717) is 0 Å². The van der Waals surface area contributed by atoms with Crippen LogP contribution in [0, 0.1) is 0 Å². The van der Waals surface area contributed by atoms with Gasteiger partial charge in [0.2, 0.25) is 5.90 Å². The standard InChI is InChI=1S/C11H15NO5/c1-11(2)7(10(14)16-5)6(9(13)15-4)8(12-3)17-11/h1-5H3. The number of rotatable bonds is 2. The van der Waals surface area contributed by atoms with Crippen LogP contribution in [0.2, 0.25) is 0 Å². The summed E-state index contributed by atoms with van der Waals surface area (Å²) >= 11 is 0. The molecule has 94 valence electrons. The van der Waals surface area contributed by atoms with E-state index in [4.69, 9.17) is 4.74 Å². The summed E-state index contributed by atoms with van der Waals surface area (Å²) in [5, 5.41) is 0. The van der Waals surface area contributed by atoms with Gasteiger partial charge >= 0.3 is 11.9 Å². The second kappa shape index (κ2) is 4.57. The molecule has 6 heteroatoms. The summed E-state index contributed by atoms with van der Waals surface area (Å²) in [5.41, 5.74) is -0.829.